The highest BCUT2D eigenvalue weighted by Gasteiger charge is 2.04. The lowest BCUT2D eigenvalue weighted by Gasteiger charge is -2.08. The Labute approximate surface area is 89.8 Å². The van der Waals surface area contributed by atoms with Gasteiger partial charge < -0.3 is 5.32 Å². The molecule has 0 aliphatic carbocycles. The summed E-state index contributed by atoms with van der Waals surface area (Å²) in [7, 11) is 0. The fraction of sp³-hybridized carbons (Fsp3) is 1.00. The van der Waals surface area contributed by atoms with Crippen molar-refractivity contribution in [3.63, 3.8) is 0 Å². The molecule has 0 aromatic heterocycles. The van der Waals surface area contributed by atoms with Gasteiger partial charge in [-0.2, -0.15) is 0 Å². The van der Waals surface area contributed by atoms with Crippen LogP contribution in [-0.2, 0) is 0 Å². The zero-order chi connectivity index (χ0) is 8.65. The Kier molecular flexibility index (Phi) is 6.40. The van der Waals surface area contributed by atoms with Gasteiger partial charge in [-0.1, -0.05) is 48.3 Å². The molecule has 1 fully saturated rings. The van der Waals surface area contributed by atoms with E-state index in [4.69, 9.17) is 0 Å². The minimum absolute atomic E-state index is 0.910. The van der Waals surface area contributed by atoms with E-state index >= 15 is 0 Å². The van der Waals surface area contributed by atoms with Crippen LogP contribution >= 0.6 is 22.6 Å². The first-order chi connectivity index (χ1) is 5.89. The molecule has 1 aliphatic rings. The highest BCUT2D eigenvalue weighted by molar-refractivity contribution is 14.1. The molecule has 0 aromatic carbocycles. The van der Waals surface area contributed by atoms with Gasteiger partial charge in [0.15, 0.2) is 0 Å². The molecule has 1 nitrogen and oxygen atoms in total. The summed E-state index contributed by atoms with van der Waals surface area (Å²) in [4.78, 5) is 0. The van der Waals surface area contributed by atoms with Crippen LogP contribution in [0.5, 0.6) is 0 Å². The van der Waals surface area contributed by atoms with E-state index in [-0.39, 0.29) is 0 Å². The third kappa shape index (κ3) is 5.36. The highest BCUT2D eigenvalue weighted by Crippen LogP contribution is 2.16. The number of rotatable bonds is 0. The van der Waals surface area contributed by atoms with Crippen LogP contribution in [0.3, 0.4) is 0 Å². The van der Waals surface area contributed by atoms with Gasteiger partial charge in [-0.15, -0.1) is 0 Å². The van der Waals surface area contributed by atoms with Crippen molar-refractivity contribution in [2.24, 2.45) is 0 Å². The number of nitrogens with one attached hydrogen (secondary N) is 1. The Morgan fingerprint density at radius 1 is 0.833 bits per heavy atom. The zero-order valence-corrected chi connectivity index (χ0v) is 9.98. The average Bonchev–Trinajstić information content (AvgIpc) is 2.11. The van der Waals surface area contributed by atoms with E-state index in [1.807, 2.05) is 0 Å². The molecule has 2 heteroatoms. The Balaban J connectivity index is 2.13. The second kappa shape index (κ2) is 7.13. The third-order valence-electron chi connectivity index (χ3n) is 2.51. The van der Waals surface area contributed by atoms with Crippen molar-refractivity contribution in [1.82, 2.24) is 5.32 Å². The SMILES string of the molecule is I[C@@H]1CCCCCCCNCC1. The van der Waals surface area contributed by atoms with Crippen LogP contribution in [-0.4, -0.2) is 17.0 Å². The normalized spacial score (nSPS) is 29.2. The van der Waals surface area contributed by atoms with E-state index in [0.29, 0.717) is 0 Å². The third-order valence-corrected chi connectivity index (χ3v) is 3.75. The van der Waals surface area contributed by atoms with Crippen molar-refractivity contribution in [3.05, 3.63) is 0 Å². The smallest absolute Gasteiger partial charge is 0.0122 e. The van der Waals surface area contributed by atoms with Crippen LogP contribution in [0.4, 0.5) is 0 Å². The van der Waals surface area contributed by atoms with Crippen LogP contribution < -0.4 is 5.32 Å². The maximum absolute atomic E-state index is 3.51. The second-order valence-electron chi connectivity index (χ2n) is 3.69. The summed E-state index contributed by atoms with van der Waals surface area (Å²) in [5, 5.41) is 3.51. The first-order valence-electron chi connectivity index (χ1n) is 5.24. The minimum Gasteiger partial charge on any atom is -0.317 e. The molecule has 0 spiro atoms. The minimum atomic E-state index is 0.910. The highest BCUT2D eigenvalue weighted by atomic mass is 127. The fourth-order valence-electron chi connectivity index (χ4n) is 1.67. The molecule has 0 unspecified atom stereocenters. The number of hydrogen-bond acceptors (Lipinski definition) is 1. The number of halogens is 1. The first kappa shape index (κ1) is 10.8. The molecule has 1 heterocycles. The number of hydrogen-bond donors (Lipinski definition) is 1. The number of alkyl halides is 1. The maximum Gasteiger partial charge on any atom is 0.0122 e. The molecular weight excluding hydrogens is 261 g/mol. The Morgan fingerprint density at radius 2 is 1.58 bits per heavy atom. The molecule has 1 aliphatic heterocycles. The fourth-order valence-corrected chi connectivity index (χ4v) is 2.43. The second-order valence-corrected chi connectivity index (χ2v) is 5.45. The van der Waals surface area contributed by atoms with Crippen molar-refractivity contribution in [3.8, 4) is 0 Å². The standard InChI is InChI=1S/C10H20IN/c11-10-6-4-2-1-3-5-8-12-9-7-10/h10,12H,1-9H2/t10-/m1/s1. The molecule has 1 N–H and O–H groups in total. The van der Waals surface area contributed by atoms with Gasteiger partial charge in [0, 0.05) is 3.92 Å². The van der Waals surface area contributed by atoms with Crippen LogP contribution in [0.1, 0.15) is 44.9 Å². The molecule has 0 bridgehead atoms. The van der Waals surface area contributed by atoms with Crippen LogP contribution in [0.2, 0.25) is 0 Å². The largest absolute Gasteiger partial charge is 0.317 e. The Bertz CT molecular complexity index is 94.0. The van der Waals surface area contributed by atoms with Crippen molar-refractivity contribution >= 4 is 22.6 Å². The van der Waals surface area contributed by atoms with Crippen molar-refractivity contribution in [1.29, 1.82) is 0 Å². The molecule has 0 aromatic rings. The van der Waals surface area contributed by atoms with E-state index < -0.39 is 0 Å². The molecule has 0 saturated carbocycles. The van der Waals surface area contributed by atoms with Gasteiger partial charge >= 0.3 is 0 Å². The van der Waals surface area contributed by atoms with Gasteiger partial charge in [0.2, 0.25) is 0 Å². The van der Waals surface area contributed by atoms with Gasteiger partial charge in [0.1, 0.15) is 0 Å². The monoisotopic (exact) mass is 281 g/mol. The molecular formula is C10H20IN. The summed E-state index contributed by atoms with van der Waals surface area (Å²) in [6, 6.07) is 0. The van der Waals surface area contributed by atoms with Crippen LogP contribution in [0.15, 0.2) is 0 Å². The van der Waals surface area contributed by atoms with E-state index in [9.17, 15) is 0 Å². The molecule has 1 rings (SSSR count). The molecule has 1 saturated heterocycles. The summed E-state index contributed by atoms with van der Waals surface area (Å²) in [5.41, 5.74) is 0. The predicted molar refractivity (Wildman–Crippen MR) is 63.0 cm³/mol. The Hall–Kier alpha value is 0.690. The lowest BCUT2D eigenvalue weighted by molar-refractivity contribution is 0.593. The summed E-state index contributed by atoms with van der Waals surface area (Å²) in [6.45, 7) is 2.47. The lowest BCUT2D eigenvalue weighted by Crippen LogP contribution is -2.18. The van der Waals surface area contributed by atoms with Crippen LogP contribution in [0.25, 0.3) is 0 Å². The van der Waals surface area contributed by atoms with E-state index in [2.05, 4.69) is 27.9 Å². The molecule has 0 amide bonds. The predicted octanol–water partition coefficient (Wildman–Crippen LogP) is 3.12. The summed E-state index contributed by atoms with van der Waals surface area (Å²) < 4.78 is 0.910. The van der Waals surface area contributed by atoms with Gasteiger partial charge in [-0.05, 0) is 32.4 Å². The Morgan fingerprint density at radius 3 is 2.50 bits per heavy atom. The first-order valence-corrected chi connectivity index (χ1v) is 6.49. The summed E-state index contributed by atoms with van der Waals surface area (Å²) >= 11 is 2.60. The topological polar surface area (TPSA) is 12.0 Å². The van der Waals surface area contributed by atoms with Gasteiger partial charge in [0.05, 0.1) is 0 Å². The average molecular weight is 281 g/mol. The van der Waals surface area contributed by atoms with E-state index in [0.717, 1.165) is 3.92 Å². The van der Waals surface area contributed by atoms with Gasteiger partial charge in [0.25, 0.3) is 0 Å². The van der Waals surface area contributed by atoms with Crippen LogP contribution in [0, 0.1) is 0 Å². The quantitative estimate of drug-likeness (QED) is 0.531. The molecule has 72 valence electrons. The van der Waals surface area contributed by atoms with Crippen molar-refractivity contribution in [2.75, 3.05) is 13.1 Å². The van der Waals surface area contributed by atoms with Gasteiger partial charge in [-0.3, -0.25) is 0 Å². The summed E-state index contributed by atoms with van der Waals surface area (Å²) in [5.74, 6) is 0. The van der Waals surface area contributed by atoms with Crippen molar-refractivity contribution < 1.29 is 0 Å². The summed E-state index contributed by atoms with van der Waals surface area (Å²) in [6.07, 6.45) is 9.96. The molecule has 1 atom stereocenters. The molecule has 0 radical (unpaired) electrons. The van der Waals surface area contributed by atoms with E-state index in [1.54, 1.807) is 0 Å². The van der Waals surface area contributed by atoms with Crippen molar-refractivity contribution in [2.45, 2.75) is 48.9 Å². The lowest BCUT2D eigenvalue weighted by atomic mass is 10.1. The van der Waals surface area contributed by atoms with Gasteiger partial charge in [-0.25, -0.2) is 0 Å². The van der Waals surface area contributed by atoms with E-state index in [1.165, 1.54) is 58.0 Å². The molecule has 12 heavy (non-hydrogen) atoms. The zero-order valence-electron chi connectivity index (χ0n) is 7.82. The maximum atomic E-state index is 3.51.